The van der Waals surface area contributed by atoms with Crippen LogP contribution in [0.15, 0.2) is 66.9 Å². The fourth-order valence-corrected chi connectivity index (χ4v) is 6.93. The zero-order valence-electron chi connectivity index (χ0n) is 25.9. The molecule has 0 bridgehead atoms. The minimum Gasteiger partial charge on any atom is -0.372 e. The number of ketones is 2. The van der Waals surface area contributed by atoms with Crippen molar-refractivity contribution in [3.8, 4) is 0 Å². The van der Waals surface area contributed by atoms with Crippen molar-refractivity contribution in [2.45, 2.75) is 58.4 Å². The van der Waals surface area contributed by atoms with Crippen LogP contribution >= 0.6 is 0 Å². The van der Waals surface area contributed by atoms with Crippen LogP contribution in [-0.4, -0.2) is 71.5 Å². The SMILES string of the molecule is Cc1ccc(C(=O)C2CCN(C(=O)c3ccc(C(=O)CC4CCN(Cc5ccc(N6CCCC6)cc5)CC4)nc3)CC2)cc1. The Kier molecular flexibility index (Phi) is 9.51. The van der Waals surface area contributed by atoms with Crippen LogP contribution in [0.25, 0.3) is 0 Å². The number of carbonyl (C=O) groups is 3. The van der Waals surface area contributed by atoms with Gasteiger partial charge in [-0.15, -0.1) is 0 Å². The number of aryl methyl sites for hydroxylation is 1. The Morgan fingerprint density at radius 3 is 2.05 bits per heavy atom. The van der Waals surface area contributed by atoms with E-state index in [-0.39, 0.29) is 23.4 Å². The molecule has 7 nitrogen and oxygen atoms in total. The molecule has 0 spiro atoms. The topological polar surface area (TPSA) is 73.8 Å². The van der Waals surface area contributed by atoms with E-state index in [9.17, 15) is 14.4 Å². The summed E-state index contributed by atoms with van der Waals surface area (Å²) in [5, 5.41) is 0. The van der Waals surface area contributed by atoms with Crippen molar-refractivity contribution >= 4 is 23.2 Å². The number of rotatable bonds is 9. The van der Waals surface area contributed by atoms with Gasteiger partial charge in [-0.1, -0.05) is 42.0 Å². The quantitative estimate of drug-likeness (QED) is 0.275. The molecule has 0 unspecified atom stereocenters. The van der Waals surface area contributed by atoms with Crippen molar-refractivity contribution in [2.75, 3.05) is 44.2 Å². The summed E-state index contributed by atoms with van der Waals surface area (Å²) in [5.74, 6) is 0.433. The van der Waals surface area contributed by atoms with E-state index in [0.29, 0.717) is 49.5 Å². The molecule has 2 aromatic carbocycles. The largest absolute Gasteiger partial charge is 0.372 e. The van der Waals surface area contributed by atoms with Crippen molar-refractivity contribution < 1.29 is 14.4 Å². The lowest BCUT2D eigenvalue weighted by atomic mass is 9.88. The Balaban J connectivity index is 0.933. The van der Waals surface area contributed by atoms with Crippen LogP contribution in [0.4, 0.5) is 5.69 Å². The van der Waals surface area contributed by atoms with Gasteiger partial charge < -0.3 is 9.80 Å². The Bertz CT molecular complexity index is 1430. The average molecular weight is 593 g/mol. The number of amides is 1. The molecule has 3 aliphatic rings. The number of Topliss-reactive ketones (excluding diaryl/α,β-unsaturated/α-hetero) is 2. The van der Waals surface area contributed by atoms with Gasteiger partial charge in [0.2, 0.25) is 0 Å². The zero-order valence-corrected chi connectivity index (χ0v) is 25.9. The molecule has 3 aromatic rings. The van der Waals surface area contributed by atoms with E-state index in [4.69, 9.17) is 0 Å². The van der Waals surface area contributed by atoms with Gasteiger partial charge >= 0.3 is 0 Å². The molecular weight excluding hydrogens is 548 g/mol. The van der Waals surface area contributed by atoms with Crippen LogP contribution in [-0.2, 0) is 6.54 Å². The fourth-order valence-electron chi connectivity index (χ4n) is 6.93. The number of benzene rings is 2. The maximum Gasteiger partial charge on any atom is 0.255 e. The Morgan fingerprint density at radius 2 is 1.41 bits per heavy atom. The van der Waals surface area contributed by atoms with Gasteiger partial charge in [-0.3, -0.25) is 24.3 Å². The molecule has 0 saturated carbocycles. The van der Waals surface area contributed by atoms with E-state index in [1.165, 1.54) is 43.4 Å². The van der Waals surface area contributed by atoms with Crippen molar-refractivity contribution in [3.63, 3.8) is 0 Å². The van der Waals surface area contributed by atoms with Gasteiger partial charge in [-0.25, -0.2) is 0 Å². The number of carbonyl (C=O) groups excluding carboxylic acids is 3. The Morgan fingerprint density at radius 1 is 0.750 bits per heavy atom. The molecule has 0 aliphatic carbocycles. The molecule has 0 N–H and O–H groups in total. The van der Waals surface area contributed by atoms with Gasteiger partial charge in [-0.2, -0.15) is 0 Å². The molecule has 6 rings (SSSR count). The molecule has 3 fully saturated rings. The molecule has 1 amide bonds. The van der Waals surface area contributed by atoms with Gasteiger partial charge in [0.1, 0.15) is 5.69 Å². The standard InChI is InChI=1S/C37H44N4O3/c1-27-4-8-30(9-5-27)36(43)31-16-22-41(23-17-31)37(44)32-10-13-34(38-25-32)35(42)24-28-14-20-39(21-15-28)26-29-6-11-33(12-7-29)40-18-2-3-19-40/h4-13,25,28,31H,2-3,14-24,26H2,1H3. The minimum atomic E-state index is -0.0872. The Labute approximate surface area is 261 Å². The van der Waals surface area contributed by atoms with Crippen molar-refractivity contribution in [2.24, 2.45) is 11.8 Å². The summed E-state index contributed by atoms with van der Waals surface area (Å²) in [4.78, 5) is 50.2. The first kappa shape index (κ1) is 30.2. The number of piperidine rings is 2. The summed E-state index contributed by atoms with van der Waals surface area (Å²) in [5.41, 5.74) is 5.49. The van der Waals surface area contributed by atoms with Gasteiger partial charge in [-0.05, 0) is 94.3 Å². The minimum absolute atomic E-state index is 0.0513. The van der Waals surface area contributed by atoms with E-state index >= 15 is 0 Å². The summed E-state index contributed by atoms with van der Waals surface area (Å²) >= 11 is 0. The number of nitrogens with zero attached hydrogens (tertiary/aromatic N) is 4. The molecule has 44 heavy (non-hydrogen) atoms. The highest BCUT2D eigenvalue weighted by atomic mass is 16.2. The Hall–Kier alpha value is -3.84. The fraction of sp³-hybridized carbons (Fsp3) is 0.459. The van der Waals surface area contributed by atoms with Crippen LogP contribution in [0.3, 0.4) is 0 Å². The number of pyridine rings is 1. The number of aromatic nitrogens is 1. The number of hydrogen-bond acceptors (Lipinski definition) is 6. The van der Waals surface area contributed by atoms with Crippen LogP contribution in [0.2, 0.25) is 0 Å². The van der Waals surface area contributed by atoms with Crippen molar-refractivity contribution in [1.29, 1.82) is 0 Å². The first-order chi connectivity index (χ1) is 21.4. The van der Waals surface area contributed by atoms with Gasteiger partial charge in [0.15, 0.2) is 11.6 Å². The summed E-state index contributed by atoms with van der Waals surface area (Å²) in [6, 6.07) is 20.2. The van der Waals surface area contributed by atoms with Crippen LogP contribution < -0.4 is 4.90 Å². The van der Waals surface area contributed by atoms with E-state index in [1.54, 1.807) is 17.0 Å². The lowest BCUT2D eigenvalue weighted by Crippen LogP contribution is -2.40. The second-order valence-electron chi connectivity index (χ2n) is 12.9. The smallest absolute Gasteiger partial charge is 0.255 e. The predicted molar refractivity (Wildman–Crippen MR) is 173 cm³/mol. The zero-order chi connectivity index (χ0) is 30.5. The van der Waals surface area contributed by atoms with E-state index in [0.717, 1.165) is 43.6 Å². The molecule has 230 valence electrons. The van der Waals surface area contributed by atoms with E-state index < -0.39 is 0 Å². The van der Waals surface area contributed by atoms with E-state index in [1.807, 2.05) is 31.2 Å². The number of hydrogen-bond donors (Lipinski definition) is 0. The molecule has 4 heterocycles. The third-order valence-corrected chi connectivity index (χ3v) is 9.78. The van der Waals surface area contributed by atoms with Crippen LogP contribution in [0.1, 0.15) is 87.3 Å². The molecular formula is C37H44N4O3. The molecule has 3 saturated heterocycles. The van der Waals surface area contributed by atoms with Gasteiger partial charge in [0.05, 0.1) is 5.56 Å². The molecule has 1 aromatic heterocycles. The van der Waals surface area contributed by atoms with Gasteiger partial charge in [0.25, 0.3) is 5.91 Å². The summed E-state index contributed by atoms with van der Waals surface area (Å²) in [6.45, 7) is 8.40. The van der Waals surface area contributed by atoms with E-state index in [2.05, 4.69) is 39.0 Å². The monoisotopic (exact) mass is 592 g/mol. The number of anilines is 1. The second-order valence-corrected chi connectivity index (χ2v) is 12.9. The summed E-state index contributed by atoms with van der Waals surface area (Å²) in [7, 11) is 0. The lowest BCUT2D eigenvalue weighted by molar-refractivity contribution is 0.0649. The first-order valence-electron chi connectivity index (χ1n) is 16.4. The molecule has 0 atom stereocenters. The van der Waals surface area contributed by atoms with Crippen LogP contribution in [0, 0.1) is 18.8 Å². The summed E-state index contributed by atoms with van der Waals surface area (Å²) < 4.78 is 0. The van der Waals surface area contributed by atoms with Crippen molar-refractivity contribution in [3.05, 3.63) is 94.8 Å². The average Bonchev–Trinajstić information content (AvgIpc) is 3.61. The number of likely N-dealkylation sites (tertiary alicyclic amines) is 2. The second kappa shape index (κ2) is 13.9. The lowest BCUT2D eigenvalue weighted by Gasteiger charge is -2.32. The van der Waals surface area contributed by atoms with Crippen molar-refractivity contribution in [1.82, 2.24) is 14.8 Å². The molecule has 3 aliphatic heterocycles. The first-order valence-corrected chi connectivity index (χ1v) is 16.4. The third-order valence-electron chi connectivity index (χ3n) is 9.78. The highest BCUT2D eigenvalue weighted by molar-refractivity contribution is 5.99. The highest BCUT2D eigenvalue weighted by Crippen LogP contribution is 2.26. The predicted octanol–water partition coefficient (Wildman–Crippen LogP) is 6.21. The molecule has 7 heteroatoms. The van der Waals surface area contributed by atoms with Crippen LogP contribution in [0.5, 0.6) is 0 Å². The normalized spacial score (nSPS) is 18.5. The highest BCUT2D eigenvalue weighted by Gasteiger charge is 2.29. The summed E-state index contributed by atoms with van der Waals surface area (Å²) in [6.07, 6.45) is 7.96. The van der Waals surface area contributed by atoms with Gasteiger partial charge in [0, 0.05) is 62.5 Å². The molecule has 0 radical (unpaired) electrons. The maximum absolute atomic E-state index is 13.1. The third kappa shape index (κ3) is 7.27. The maximum atomic E-state index is 13.1.